The summed E-state index contributed by atoms with van der Waals surface area (Å²) in [6.45, 7) is 5.46. The number of nitrogens with zero attached hydrogens (tertiary/aromatic N) is 1. The van der Waals surface area contributed by atoms with Crippen LogP contribution in [-0.4, -0.2) is 6.72 Å². The SMILES string of the molecule is C=Nc1oc2ccccc2c1/C=C\C. The Hall–Kier alpha value is -1.83. The minimum Gasteiger partial charge on any atom is -0.438 e. The highest BCUT2D eigenvalue weighted by Gasteiger charge is 2.08. The average Bonchev–Trinajstić information content (AvgIpc) is 2.58. The lowest BCUT2D eigenvalue weighted by Gasteiger charge is -1.88. The monoisotopic (exact) mass is 185 g/mol. The number of hydrogen-bond acceptors (Lipinski definition) is 2. The van der Waals surface area contributed by atoms with Crippen LogP contribution in [-0.2, 0) is 0 Å². The van der Waals surface area contributed by atoms with Crippen LogP contribution in [0.1, 0.15) is 12.5 Å². The molecular weight excluding hydrogens is 174 g/mol. The first kappa shape index (κ1) is 8.75. The minimum atomic E-state index is 0.587. The molecular formula is C12H11NO. The number of rotatable bonds is 2. The van der Waals surface area contributed by atoms with E-state index in [-0.39, 0.29) is 0 Å². The van der Waals surface area contributed by atoms with Crippen LogP contribution in [0.15, 0.2) is 39.8 Å². The molecule has 2 aromatic rings. The maximum Gasteiger partial charge on any atom is 0.226 e. The van der Waals surface area contributed by atoms with Crippen molar-refractivity contribution in [2.75, 3.05) is 0 Å². The summed E-state index contributed by atoms with van der Waals surface area (Å²) in [6.07, 6.45) is 3.95. The molecule has 0 aliphatic carbocycles. The van der Waals surface area contributed by atoms with E-state index in [4.69, 9.17) is 4.42 Å². The average molecular weight is 185 g/mol. The molecule has 1 aromatic heterocycles. The van der Waals surface area contributed by atoms with Crippen LogP contribution in [0.3, 0.4) is 0 Å². The number of hydrogen-bond donors (Lipinski definition) is 0. The highest BCUT2D eigenvalue weighted by atomic mass is 16.3. The van der Waals surface area contributed by atoms with Crippen molar-refractivity contribution in [1.29, 1.82) is 0 Å². The topological polar surface area (TPSA) is 25.5 Å². The fraction of sp³-hybridized carbons (Fsp3) is 0.0833. The second-order valence-electron chi connectivity index (χ2n) is 2.98. The summed E-state index contributed by atoms with van der Waals surface area (Å²) in [4.78, 5) is 3.86. The van der Waals surface area contributed by atoms with Crippen molar-refractivity contribution in [2.24, 2.45) is 4.99 Å². The molecule has 14 heavy (non-hydrogen) atoms. The van der Waals surface area contributed by atoms with Gasteiger partial charge in [0.2, 0.25) is 5.88 Å². The van der Waals surface area contributed by atoms with Crippen LogP contribution in [0.2, 0.25) is 0 Å². The smallest absolute Gasteiger partial charge is 0.226 e. The molecule has 0 unspecified atom stereocenters. The second kappa shape index (κ2) is 3.50. The lowest BCUT2D eigenvalue weighted by atomic mass is 10.1. The van der Waals surface area contributed by atoms with Gasteiger partial charge in [0.15, 0.2) is 0 Å². The minimum absolute atomic E-state index is 0.587. The van der Waals surface area contributed by atoms with E-state index in [2.05, 4.69) is 11.7 Å². The van der Waals surface area contributed by atoms with Gasteiger partial charge in [0, 0.05) is 10.9 Å². The summed E-state index contributed by atoms with van der Waals surface area (Å²) in [5.74, 6) is 0.587. The molecule has 70 valence electrons. The molecule has 1 heterocycles. The summed E-state index contributed by atoms with van der Waals surface area (Å²) in [5.41, 5.74) is 1.85. The number of para-hydroxylation sites is 1. The summed E-state index contributed by atoms with van der Waals surface area (Å²) < 4.78 is 5.52. The van der Waals surface area contributed by atoms with Gasteiger partial charge >= 0.3 is 0 Å². The van der Waals surface area contributed by atoms with Crippen molar-refractivity contribution in [1.82, 2.24) is 0 Å². The standard InChI is InChI=1S/C12H11NO/c1-3-6-10-9-7-4-5-8-11(9)14-12(10)13-2/h3-8H,2H2,1H3/b6-3-. The predicted molar refractivity (Wildman–Crippen MR) is 60.1 cm³/mol. The van der Waals surface area contributed by atoms with E-state index in [0.717, 1.165) is 16.5 Å². The van der Waals surface area contributed by atoms with Gasteiger partial charge in [-0.05, 0) is 19.7 Å². The van der Waals surface area contributed by atoms with Gasteiger partial charge in [-0.25, -0.2) is 4.99 Å². The third-order valence-electron chi connectivity index (χ3n) is 2.09. The van der Waals surface area contributed by atoms with Crippen LogP contribution < -0.4 is 0 Å². The Bertz CT molecular complexity index is 494. The van der Waals surface area contributed by atoms with Crippen LogP contribution in [0.4, 0.5) is 5.88 Å². The lowest BCUT2D eigenvalue weighted by Crippen LogP contribution is -1.67. The molecule has 0 aliphatic rings. The van der Waals surface area contributed by atoms with Crippen molar-refractivity contribution >= 4 is 29.6 Å². The van der Waals surface area contributed by atoms with Gasteiger partial charge in [-0.1, -0.05) is 30.4 Å². The maximum atomic E-state index is 5.52. The lowest BCUT2D eigenvalue weighted by molar-refractivity contribution is 0.626. The normalized spacial score (nSPS) is 11.2. The van der Waals surface area contributed by atoms with E-state index in [1.807, 2.05) is 43.3 Å². The molecule has 0 atom stereocenters. The molecule has 0 fully saturated rings. The van der Waals surface area contributed by atoms with E-state index < -0.39 is 0 Å². The highest BCUT2D eigenvalue weighted by Crippen LogP contribution is 2.32. The van der Waals surface area contributed by atoms with Crippen molar-refractivity contribution in [3.05, 3.63) is 35.9 Å². The largest absolute Gasteiger partial charge is 0.438 e. The Morgan fingerprint density at radius 3 is 2.86 bits per heavy atom. The predicted octanol–water partition coefficient (Wildman–Crippen LogP) is 3.80. The Kier molecular flexibility index (Phi) is 2.19. The molecule has 1 aromatic carbocycles. The van der Waals surface area contributed by atoms with E-state index >= 15 is 0 Å². The first-order valence-electron chi connectivity index (χ1n) is 4.47. The molecule has 0 aliphatic heterocycles. The Balaban J connectivity index is 2.80. The van der Waals surface area contributed by atoms with Crippen molar-refractivity contribution in [3.8, 4) is 0 Å². The second-order valence-corrected chi connectivity index (χ2v) is 2.98. The molecule has 2 rings (SSSR count). The summed E-state index contributed by atoms with van der Waals surface area (Å²) in [6, 6.07) is 7.87. The highest BCUT2D eigenvalue weighted by molar-refractivity contribution is 5.92. The van der Waals surface area contributed by atoms with Crippen LogP contribution in [0.25, 0.3) is 17.0 Å². The zero-order valence-corrected chi connectivity index (χ0v) is 8.03. The van der Waals surface area contributed by atoms with E-state index in [1.54, 1.807) is 0 Å². The Morgan fingerprint density at radius 1 is 1.36 bits per heavy atom. The van der Waals surface area contributed by atoms with Crippen molar-refractivity contribution in [3.63, 3.8) is 0 Å². The fourth-order valence-electron chi connectivity index (χ4n) is 1.50. The number of allylic oxidation sites excluding steroid dienone is 1. The molecule has 0 N–H and O–H groups in total. The molecule has 0 spiro atoms. The van der Waals surface area contributed by atoms with Crippen LogP contribution >= 0.6 is 0 Å². The molecule has 0 saturated carbocycles. The van der Waals surface area contributed by atoms with Gasteiger partial charge in [-0.15, -0.1) is 0 Å². The van der Waals surface area contributed by atoms with E-state index in [1.165, 1.54) is 0 Å². The van der Waals surface area contributed by atoms with Crippen LogP contribution in [0, 0.1) is 0 Å². The van der Waals surface area contributed by atoms with Gasteiger partial charge in [0.05, 0.1) is 0 Å². The summed E-state index contributed by atoms with van der Waals surface area (Å²) in [5, 5.41) is 1.08. The number of furan rings is 1. The quantitative estimate of drug-likeness (QED) is 0.653. The van der Waals surface area contributed by atoms with Crippen LogP contribution in [0.5, 0.6) is 0 Å². The van der Waals surface area contributed by atoms with Gasteiger partial charge in [0.1, 0.15) is 5.58 Å². The third-order valence-corrected chi connectivity index (χ3v) is 2.09. The van der Waals surface area contributed by atoms with Gasteiger partial charge in [0.25, 0.3) is 0 Å². The Morgan fingerprint density at radius 2 is 2.14 bits per heavy atom. The summed E-state index contributed by atoms with van der Waals surface area (Å²) in [7, 11) is 0. The van der Waals surface area contributed by atoms with Gasteiger partial charge < -0.3 is 4.42 Å². The molecule has 2 nitrogen and oxygen atoms in total. The third kappa shape index (κ3) is 1.25. The van der Waals surface area contributed by atoms with E-state index in [9.17, 15) is 0 Å². The van der Waals surface area contributed by atoms with E-state index in [0.29, 0.717) is 5.88 Å². The first-order chi connectivity index (χ1) is 6.86. The zero-order chi connectivity index (χ0) is 9.97. The van der Waals surface area contributed by atoms with Crippen molar-refractivity contribution in [2.45, 2.75) is 6.92 Å². The maximum absolute atomic E-state index is 5.52. The number of fused-ring (bicyclic) bond motifs is 1. The van der Waals surface area contributed by atoms with Gasteiger partial charge in [-0.2, -0.15) is 0 Å². The zero-order valence-electron chi connectivity index (χ0n) is 8.03. The molecule has 2 heteroatoms. The Labute approximate surface area is 82.6 Å². The molecule has 0 radical (unpaired) electrons. The molecule has 0 saturated heterocycles. The fourth-order valence-corrected chi connectivity index (χ4v) is 1.50. The van der Waals surface area contributed by atoms with Gasteiger partial charge in [-0.3, -0.25) is 0 Å². The number of benzene rings is 1. The molecule has 0 bridgehead atoms. The summed E-state index contributed by atoms with van der Waals surface area (Å²) >= 11 is 0. The van der Waals surface area contributed by atoms with Crippen molar-refractivity contribution < 1.29 is 4.42 Å². The molecule has 0 amide bonds. The first-order valence-corrected chi connectivity index (χ1v) is 4.47. The number of aliphatic imine (C=N–C) groups is 1.